The zero-order valence-corrected chi connectivity index (χ0v) is 12.1. The summed E-state index contributed by atoms with van der Waals surface area (Å²) in [5.41, 5.74) is -0.621. The fraction of sp³-hybridized carbons (Fsp3) is 0.846. The molecule has 0 aromatic rings. The normalized spacial score (nSPS) is 15.3. The number of amides is 1. The van der Waals surface area contributed by atoms with Crippen molar-refractivity contribution < 1.29 is 19.4 Å². The summed E-state index contributed by atoms with van der Waals surface area (Å²) >= 11 is 0. The highest BCUT2D eigenvalue weighted by molar-refractivity contribution is 5.97. The van der Waals surface area contributed by atoms with E-state index in [4.69, 9.17) is 9.84 Å². The second-order valence-electron chi connectivity index (χ2n) is 5.95. The summed E-state index contributed by atoms with van der Waals surface area (Å²) in [6, 6.07) is -0.174. The van der Waals surface area contributed by atoms with Gasteiger partial charge in [0.2, 0.25) is 5.91 Å². The lowest BCUT2D eigenvalue weighted by Gasteiger charge is -2.29. The number of nitrogens with one attached hydrogen (secondary N) is 1. The summed E-state index contributed by atoms with van der Waals surface area (Å²) in [5.74, 6) is -2.43. The number of carboxylic acids is 1. The minimum atomic E-state index is -1.10. The summed E-state index contributed by atoms with van der Waals surface area (Å²) in [5, 5.41) is 11.9. The van der Waals surface area contributed by atoms with Crippen LogP contribution in [-0.2, 0) is 14.3 Å². The minimum absolute atomic E-state index is 0.174. The molecule has 0 saturated carbocycles. The lowest BCUT2D eigenvalue weighted by atomic mass is 9.80. The third-order valence-electron chi connectivity index (χ3n) is 2.85. The highest BCUT2D eigenvalue weighted by Gasteiger charge is 2.38. The molecule has 0 spiro atoms. The molecule has 106 valence electrons. The number of rotatable bonds is 6. The number of hydrogen-bond acceptors (Lipinski definition) is 3. The Morgan fingerprint density at radius 3 is 2.06 bits per heavy atom. The van der Waals surface area contributed by atoms with E-state index in [1.54, 1.807) is 27.9 Å². The van der Waals surface area contributed by atoms with E-state index >= 15 is 0 Å². The smallest absolute Gasteiger partial charge is 0.316 e. The van der Waals surface area contributed by atoms with Crippen molar-refractivity contribution in [2.45, 2.75) is 40.7 Å². The maximum absolute atomic E-state index is 12.1. The van der Waals surface area contributed by atoms with E-state index in [-0.39, 0.29) is 12.0 Å². The molecule has 0 aliphatic heterocycles. The average Bonchev–Trinajstić information content (AvgIpc) is 2.13. The fourth-order valence-corrected chi connectivity index (χ4v) is 1.72. The summed E-state index contributed by atoms with van der Waals surface area (Å²) in [6.07, 6.45) is 0. The van der Waals surface area contributed by atoms with Crippen LogP contribution in [0.25, 0.3) is 0 Å². The van der Waals surface area contributed by atoms with Crippen LogP contribution in [0.4, 0.5) is 0 Å². The quantitative estimate of drug-likeness (QED) is 0.709. The molecule has 2 unspecified atom stereocenters. The van der Waals surface area contributed by atoms with Crippen molar-refractivity contribution in [1.82, 2.24) is 5.32 Å². The Morgan fingerprint density at radius 1 is 1.28 bits per heavy atom. The molecule has 0 aliphatic rings. The van der Waals surface area contributed by atoms with Crippen LogP contribution in [0.3, 0.4) is 0 Å². The summed E-state index contributed by atoms with van der Waals surface area (Å²) in [4.78, 5) is 23.3. The second-order valence-corrected chi connectivity index (χ2v) is 5.95. The Hall–Kier alpha value is -1.10. The van der Waals surface area contributed by atoms with Crippen molar-refractivity contribution in [3.05, 3.63) is 0 Å². The van der Waals surface area contributed by atoms with Gasteiger partial charge in [-0.15, -0.1) is 0 Å². The molecule has 0 rings (SSSR count). The van der Waals surface area contributed by atoms with Crippen LogP contribution in [0.1, 0.15) is 34.6 Å². The fourth-order valence-electron chi connectivity index (χ4n) is 1.72. The molecule has 2 atom stereocenters. The Morgan fingerprint density at radius 2 is 1.78 bits per heavy atom. The highest BCUT2D eigenvalue weighted by atomic mass is 16.5. The van der Waals surface area contributed by atoms with Gasteiger partial charge in [0.15, 0.2) is 0 Å². The van der Waals surface area contributed by atoms with Gasteiger partial charge in [-0.25, -0.2) is 0 Å². The van der Waals surface area contributed by atoms with E-state index in [9.17, 15) is 9.59 Å². The number of carbonyl (C=O) groups excluding carboxylic acids is 1. The van der Waals surface area contributed by atoms with E-state index < -0.39 is 23.2 Å². The van der Waals surface area contributed by atoms with Gasteiger partial charge in [0.1, 0.15) is 5.92 Å². The maximum Gasteiger partial charge on any atom is 0.316 e. The largest absolute Gasteiger partial charge is 0.481 e. The number of carboxylic acid groups (broad SMARTS) is 1. The Balaban J connectivity index is 4.84. The zero-order chi connectivity index (χ0) is 14.5. The lowest BCUT2D eigenvalue weighted by Crippen LogP contribution is -2.49. The van der Waals surface area contributed by atoms with Crippen molar-refractivity contribution in [1.29, 1.82) is 0 Å². The monoisotopic (exact) mass is 259 g/mol. The first kappa shape index (κ1) is 16.9. The van der Waals surface area contributed by atoms with Gasteiger partial charge in [0.25, 0.3) is 0 Å². The topological polar surface area (TPSA) is 75.6 Å². The van der Waals surface area contributed by atoms with Crippen molar-refractivity contribution in [3.8, 4) is 0 Å². The highest BCUT2D eigenvalue weighted by Crippen LogP contribution is 2.26. The average molecular weight is 259 g/mol. The van der Waals surface area contributed by atoms with E-state index in [0.717, 1.165) is 0 Å². The van der Waals surface area contributed by atoms with E-state index in [1.807, 2.05) is 13.8 Å². The van der Waals surface area contributed by atoms with Crippen molar-refractivity contribution >= 4 is 11.9 Å². The molecule has 1 amide bonds. The molecule has 2 N–H and O–H groups in total. The van der Waals surface area contributed by atoms with E-state index in [1.165, 1.54) is 0 Å². The molecule has 0 radical (unpaired) electrons. The minimum Gasteiger partial charge on any atom is -0.481 e. The third-order valence-corrected chi connectivity index (χ3v) is 2.85. The molecular formula is C13H25NO4. The van der Waals surface area contributed by atoms with Gasteiger partial charge >= 0.3 is 5.97 Å². The molecule has 0 bridgehead atoms. The second kappa shape index (κ2) is 6.73. The van der Waals surface area contributed by atoms with Gasteiger partial charge in [-0.05, 0) is 11.3 Å². The molecule has 0 fully saturated rings. The lowest BCUT2D eigenvalue weighted by molar-refractivity contribution is -0.152. The standard InChI is InChI=1S/C13H25NO4/c1-8(2)9(7-18-6)14-11(15)10(12(16)17)13(3,4)5/h8-10H,7H2,1-6H3,(H,14,15)(H,16,17). The van der Waals surface area contributed by atoms with Crippen molar-refractivity contribution in [2.24, 2.45) is 17.3 Å². The number of carbonyl (C=O) groups is 2. The van der Waals surface area contributed by atoms with Crippen LogP contribution in [0.15, 0.2) is 0 Å². The van der Waals surface area contributed by atoms with Gasteiger partial charge in [0.05, 0.1) is 12.6 Å². The summed E-state index contributed by atoms with van der Waals surface area (Å²) in [7, 11) is 1.56. The van der Waals surface area contributed by atoms with Crippen LogP contribution in [-0.4, -0.2) is 36.7 Å². The third kappa shape index (κ3) is 5.04. The van der Waals surface area contributed by atoms with Gasteiger partial charge in [-0.2, -0.15) is 0 Å². The van der Waals surface area contributed by atoms with E-state index in [2.05, 4.69) is 5.32 Å². The van der Waals surface area contributed by atoms with Crippen LogP contribution in [0.2, 0.25) is 0 Å². The van der Waals surface area contributed by atoms with Gasteiger partial charge in [0, 0.05) is 7.11 Å². The SMILES string of the molecule is COCC(NC(=O)C(C(=O)O)C(C)(C)C)C(C)C. The molecule has 0 heterocycles. The molecule has 18 heavy (non-hydrogen) atoms. The van der Waals surface area contributed by atoms with Gasteiger partial charge in [-0.3, -0.25) is 9.59 Å². The molecule has 0 aliphatic carbocycles. The first-order valence-corrected chi connectivity index (χ1v) is 6.13. The van der Waals surface area contributed by atoms with Crippen LogP contribution in [0.5, 0.6) is 0 Å². The number of hydrogen-bond donors (Lipinski definition) is 2. The number of aliphatic carboxylic acids is 1. The van der Waals surface area contributed by atoms with Crippen molar-refractivity contribution in [2.75, 3.05) is 13.7 Å². The number of methoxy groups -OCH3 is 1. The Kier molecular flexibility index (Phi) is 6.32. The molecule has 5 heteroatoms. The van der Waals surface area contributed by atoms with Crippen LogP contribution < -0.4 is 5.32 Å². The first-order valence-electron chi connectivity index (χ1n) is 6.13. The number of ether oxygens (including phenoxy) is 1. The Bertz CT molecular complexity index is 294. The maximum atomic E-state index is 12.1. The van der Waals surface area contributed by atoms with Crippen molar-refractivity contribution in [3.63, 3.8) is 0 Å². The molecule has 5 nitrogen and oxygen atoms in total. The Labute approximate surface area is 109 Å². The first-order chi connectivity index (χ1) is 8.11. The predicted molar refractivity (Wildman–Crippen MR) is 69.2 cm³/mol. The predicted octanol–water partition coefficient (Wildman–Crippen LogP) is 1.52. The van der Waals surface area contributed by atoms with Crippen LogP contribution >= 0.6 is 0 Å². The molecule has 0 saturated heterocycles. The summed E-state index contributed by atoms with van der Waals surface area (Å²) < 4.78 is 5.03. The molecule has 0 aromatic carbocycles. The molecular weight excluding hydrogens is 234 g/mol. The van der Waals surface area contributed by atoms with Crippen LogP contribution in [0, 0.1) is 17.3 Å². The molecule has 0 aromatic heterocycles. The summed E-state index contributed by atoms with van der Waals surface area (Å²) in [6.45, 7) is 9.51. The zero-order valence-electron chi connectivity index (χ0n) is 12.1. The van der Waals surface area contributed by atoms with E-state index in [0.29, 0.717) is 6.61 Å². The van der Waals surface area contributed by atoms with Gasteiger partial charge in [-0.1, -0.05) is 34.6 Å². The van der Waals surface area contributed by atoms with Gasteiger partial charge < -0.3 is 15.2 Å².